The van der Waals surface area contributed by atoms with Gasteiger partial charge in [-0.2, -0.15) is 5.10 Å². The predicted molar refractivity (Wildman–Crippen MR) is 117 cm³/mol. The van der Waals surface area contributed by atoms with E-state index in [-0.39, 0.29) is 17.2 Å². The van der Waals surface area contributed by atoms with Crippen molar-refractivity contribution in [2.75, 3.05) is 0 Å². The highest BCUT2D eigenvalue weighted by Gasteiger charge is 2.28. The lowest BCUT2D eigenvalue weighted by molar-refractivity contribution is 0.0943. The Balaban J connectivity index is 1.74. The number of nitrogens with one attached hydrogen (secondary N) is 2. The average Bonchev–Trinajstić information content (AvgIpc) is 3.50. The predicted octanol–water partition coefficient (Wildman–Crippen LogP) is 2.83. The summed E-state index contributed by atoms with van der Waals surface area (Å²) in [5, 5.41) is 7.44. The van der Waals surface area contributed by atoms with Crippen molar-refractivity contribution in [1.82, 2.24) is 30.0 Å². The number of amides is 1. The van der Waals surface area contributed by atoms with Crippen LogP contribution in [0.15, 0.2) is 82.7 Å². The fourth-order valence-corrected chi connectivity index (χ4v) is 3.64. The lowest BCUT2D eigenvalue weighted by Crippen LogP contribution is -2.33. The van der Waals surface area contributed by atoms with E-state index in [0.717, 1.165) is 5.56 Å². The summed E-state index contributed by atoms with van der Waals surface area (Å²) in [7, 11) is 1.73. The Morgan fingerprint density at radius 3 is 2.69 bits per heavy atom. The highest BCUT2D eigenvalue weighted by atomic mass is 16.3. The van der Waals surface area contributed by atoms with Gasteiger partial charge in [0, 0.05) is 19.4 Å². The van der Waals surface area contributed by atoms with Gasteiger partial charge in [0.25, 0.3) is 5.91 Å². The van der Waals surface area contributed by atoms with Crippen molar-refractivity contribution in [3.8, 4) is 11.6 Å². The maximum Gasteiger partial charge on any atom is 0.255 e. The largest absolute Gasteiger partial charge is 0.443 e. The molecule has 1 amide bonds. The molecule has 0 fully saturated rings. The van der Waals surface area contributed by atoms with Gasteiger partial charge in [-0.15, -0.1) is 0 Å². The van der Waals surface area contributed by atoms with Crippen molar-refractivity contribution in [1.29, 1.82) is 0 Å². The zero-order valence-corrected chi connectivity index (χ0v) is 17.0. The van der Waals surface area contributed by atoms with Gasteiger partial charge in [0.2, 0.25) is 5.89 Å². The third-order valence-corrected chi connectivity index (χ3v) is 5.12. The van der Waals surface area contributed by atoms with E-state index in [1.54, 1.807) is 36.3 Å². The zero-order valence-electron chi connectivity index (χ0n) is 17.0. The van der Waals surface area contributed by atoms with Gasteiger partial charge in [0.05, 0.1) is 34.9 Å². The number of aromatic amines is 1. The number of hydrogen-bond acceptors (Lipinski definition) is 6. The second-order valence-electron chi connectivity index (χ2n) is 7.20. The first-order valence-corrected chi connectivity index (χ1v) is 9.87. The number of carbonyl (C=O) groups excluding carboxylic acids is 1. The van der Waals surface area contributed by atoms with Gasteiger partial charge >= 0.3 is 0 Å². The summed E-state index contributed by atoms with van der Waals surface area (Å²) in [5.41, 5.74) is 1.89. The van der Waals surface area contributed by atoms with Crippen molar-refractivity contribution in [3.05, 3.63) is 100 Å². The van der Waals surface area contributed by atoms with E-state index in [0.29, 0.717) is 27.9 Å². The number of H-pyrrole nitrogens is 1. The summed E-state index contributed by atoms with van der Waals surface area (Å²) in [5.74, 6) is -0.141. The first-order chi connectivity index (χ1) is 15.6. The number of benzene rings is 1. The summed E-state index contributed by atoms with van der Waals surface area (Å²) >= 11 is 0. The first-order valence-electron chi connectivity index (χ1n) is 9.87. The summed E-state index contributed by atoms with van der Waals surface area (Å²) in [6.45, 7) is 0. The first kappa shape index (κ1) is 19.4. The molecule has 158 valence electrons. The Labute approximate surface area is 181 Å². The van der Waals surface area contributed by atoms with Crippen LogP contribution in [0.1, 0.15) is 27.5 Å². The smallest absolute Gasteiger partial charge is 0.255 e. The molecule has 5 rings (SSSR count). The summed E-state index contributed by atoms with van der Waals surface area (Å²) in [6.07, 6.45) is 7.59. The van der Waals surface area contributed by atoms with Crippen molar-refractivity contribution in [2.45, 2.75) is 6.04 Å². The highest BCUT2D eigenvalue weighted by molar-refractivity contribution is 5.94. The average molecular weight is 426 g/mol. The second kappa shape index (κ2) is 7.95. The number of nitrogens with zero attached hydrogens (tertiary/aromatic N) is 4. The van der Waals surface area contributed by atoms with Crippen LogP contribution in [0.4, 0.5) is 0 Å². The van der Waals surface area contributed by atoms with Crippen LogP contribution in [0.2, 0.25) is 0 Å². The fourth-order valence-electron chi connectivity index (χ4n) is 3.64. The fraction of sp³-hybridized carbons (Fsp3) is 0.0870. The van der Waals surface area contributed by atoms with Gasteiger partial charge in [0.15, 0.2) is 5.43 Å². The Hall–Kier alpha value is -4.53. The third kappa shape index (κ3) is 3.45. The lowest BCUT2D eigenvalue weighted by atomic mass is 9.95. The van der Waals surface area contributed by atoms with Crippen LogP contribution in [-0.4, -0.2) is 30.6 Å². The minimum absolute atomic E-state index is 0.223. The lowest BCUT2D eigenvalue weighted by Gasteiger charge is -2.21. The van der Waals surface area contributed by atoms with E-state index in [4.69, 9.17) is 4.42 Å². The third-order valence-electron chi connectivity index (χ3n) is 5.12. The molecule has 0 saturated heterocycles. The molecule has 2 N–H and O–H groups in total. The number of pyridine rings is 2. The molecule has 4 heterocycles. The molecule has 5 aromatic rings. The van der Waals surface area contributed by atoms with Crippen molar-refractivity contribution in [3.63, 3.8) is 0 Å². The molecule has 0 aliphatic carbocycles. The molecular weight excluding hydrogens is 408 g/mol. The minimum Gasteiger partial charge on any atom is -0.443 e. The Morgan fingerprint density at radius 1 is 1.12 bits per heavy atom. The van der Waals surface area contributed by atoms with Crippen LogP contribution in [0.5, 0.6) is 0 Å². The molecule has 0 radical (unpaired) electrons. The molecule has 0 aliphatic heterocycles. The molecule has 0 saturated carbocycles. The standard InChI is InChI=1S/C23H18N6O3/c1-29-13-15(12-26-29)22(31)28-18(14-6-3-2-4-7-14)17-19(23-25-10-11-32-23)27-21-16(20(17)30)8-5-9-24-21/h2-13,18H,1H3,(H,28,31)(H,24,27,30). The molecule has 9 nitrogen and oxygen atoms in total. The van der Waals surface area contributed by atoms with E-state index in [2.05, 4.69) is 25.4 Å². The molecule has 1 unspecified atom stereocenters. The topological polar surface area (TPSA) is 119 Å². The van der Waals surface area contributed by atoms with Gasteiger partial charge in [-0.1, -0.05) is 30.3 Å². The van der Waals surface area contributed by atoms with Crippen LogP contribution >= 0.6 is 0 Å². The summed E-state index contributed by atoms with van der Waals surface area (Å²) < 4.78 is 7.05. The highest BCUT2D eigenvalue weighted by Crippen LogP contribution is 2.29. The van der Waals surface area contributed by atoms with Crippen molar-refractivity contribution in [2.24, 2.45) is 7.05 Å². The van der Waals surface area contributed by atoms with E-state index >= 15 is 0 Å². The van der Waals surface area contributed by atoms with Gasteiger partial charge < -0.3 is 14.7 Å². The van der Waals surface area contributed by atoms with Gasteiger partial charge in [-0.05, 0) is 17.7 Å². The van der Waals surface area contributed by atoms with E-state index in [1.165, 1.54) is 18.7 Å². The van der Waals surface area contributed by atoms with Gasteiger partial charge in [-0.3, -0.25) is 14.3 Å². The Morgan fingerprint density at radius 2 is 1.97 bits per heavy atom. The number of aryl methyl sites for hydroxylation is 1. The Kier molecular flexibility index (Phi) is 4.83. The molecule has 0 spiro atoms. The molecular formula is C23H18N6O3. The van der Waals surface area contributed by atoms with Gasteiger partial charge in [0.1, 0.15) is 17.6 Å². The zero-order chi connectivity index (χ0) is 22.1. The maximum absolute atomic E-state index is 13.7. The molecule has 4 aromatic heterocycles. The van der Waals surface area contributed by atoms with Gasteiger partial charge in [-0.25, -0.2) is 9.97 Å². The van der Waals surface area contributed by atoms with Crippen LogP contribution in [0.25, 0.3) is 22.6 Å². The molecule has 0 aliphatic rings. The second-order valence-corrected chi connectivity index (χ2v) is 7.20. The van der Waals surface area contributed by atoms with E-state index in [9.17, 15) is 9.59 Å². The monoisotopic (exact) mass is 426 g/mol. The van der Waals surface area contributed by atoms with Crippen LogP contribution in [0, 0.1) is 0 Å². The van der Waals surface area contributed by atoms with Crippen molar-refractivity contribution < 1.29 is 9.21 Å². The van der Waals surface area contributed by atoms with Crippen LogP contribution < -0.4 is 10.7 Å². The van der Waals surface area contributed by atoms with Crippen LogP contribution in [-0.2, 0) is 7.05 Å². The van der Waals surface area contributed by atoms with Crippen molar-refractivity contribution >= 4 is 16.9 Å². The Bertz CT molecular complexity index is 1450. The quantitative estimate of drug-likeness (QED) is 0.446. The number of rotatable bonds is 5. The summed E-state index contributed by atoms with van der Waals surface area (Å²) in [6, 6.07) is 11.9. The number of aromatic nitrogens is 5. The molecule has 1 atom stereocenters. The number of hydrogen-bond donors (Lipinski definition) is 2. The number of oxazole rings is 1. The van der Waals surface area contributed by atoms with E-state index < -0.39 is 6.04 Å². The molecule has 9 heteroatoms. The molecule has 32 heavy (non-hydrogen) atoms. The molecule has 1 aromatic carbocycles. The molecule has 0 bridgehead atoms. The SMILES string of the molecule is Cn1cc(C(=O)NC(c2ccccc2)c2c(-c3ncco3)[nH]c3ncccc3c2=O)cn1. The normalized spacial score (nSPS) is 12.0. The van der Waals surface area contributed by atoms with E-state index in [1.807, 2.05) is 30.3 Å². The maximum atomic E-state index is 13.7. The summed E-state index contributed by atoms with van der Waals surface area (Å²) in [4.78, 5) is 38.4. The van der Waals surface area contributed by atoms with Crippen LogP contribution in [0.3, 0.4) is 0 Å². The number of carbonyl (C=O) groups is 1. The minimum atomic E-state index is -0.779. The number of fused-ring (bicyclic) bond motifs is 1.